The van der Waals surface area contributed by atoms with E-state index in [0.717, 1.165) is 13.0 Å². The average molecular weight is 209 g/mol. The maximum absolute atomic E-state index is 10.6. The van der Waals surface area contributed by atoms with Crippen LogP contribution in [0.1, 0.15) is 20.3 Å². The lowest BCUT2D eigenvalue weighted by atomic mass is 9.99. The summed E-state index contributed by atoms with van der Waals surface area (Å²) in [5.74, 6) is 0. The molecule has 0 aromatic carbocycles. The van der Waals surface area contributed by atoms with Gasteiger partial charge in [-0.25, -0.2) is 0 Å². The molecule has 0 aliphatic carbocycles. The van der Waals surface area contributed by atoms with E-state index < -0.39 is 7.60 Å². The van der Waals surface area contributed by atoms with Gasteiger partial charge in [-0.3, -0.25) is 4.57 Å². The molecule has 1 aliphatic heterocycles. The van der Waals surface area contributed by atoms with Crippen LogP contribution < -0.4 is 5.32 Å². The SMILES string of the molecule is CC(C)(CC1CO1)NCP(=O)(O)O. The summed E-state index contributed by atoms with van der Waals surface area (Å²) in [6, 6.07) is 0. The number of nitrogens with one attached hydrogen (secondary N) is 1. The van der Waals surface area contributed by atoms with Crippen LogP contribution in [0.25, 0.3) is 0 Å². The van der Waals surface area contributed by atoms with Crippen LogP contribution in [-0.4, -0.2) is 34.3 Å². The van der Waals surface area contributed by atoms with Gasteiger partial charge >= 0.3 is 7.60 Å². The molecule has 13 heavy (non-hydrogen) atoms. The molecule has 1 aliphatic rings. The quantitative estimate of drug-likeness (QED) is 0.447. The van der Waals surface area contributed by atoms with Crippen molar-refractivity contribution in [2.45, 2.75) is 31.9 Å². The van der Waals surface area contributed by atoms with Gasteiger partial charge in [0.05, 0.1) is 19.0 Å². The molecule has 1 saturated heterocycles. The lowest BCUT2D eigenvalue weighted by Gasteiger charge is -2.25. The number of rotatable bonds is 5. The Bertz CT molecular complexity index is 221. The number of ether oxygens (including phenoxy) is 1. The minimum atomic E-state index is -3.94. The maximum atomic E-state index is 10.6. The summed E-state index contributed by atoms with van der Waals surface area (Å²) in [5, 5.41) is 2.83. The zero-order chi connectivity index (χ0) is 10.1. The molecule has 0 amide bonds. The van der Waals surface area contributed by atoms with E-state index in [9.17, 15) is 4.57 Å². The zero-order valence-corrected chi connectivity index (χ0v) is 8.75. The Hall–Kier alpha value is 0.0700. The molecule has 1 heterocycles. The molecule has 0 spiro atoms. The molecule has 3 N–H and O–H groups in total. The molecule has 1 fully saturated rings. The second kappa shape index (κ2) is 3.67. The van der Waals surface area contributed by atoms with Crippen molar-refractivity contribution in [2.24, 2.45) is 0 Å². The van der Waals surface area contributed by atoms with E-state index in [1.807, 2.05) is 13.8 Å². The molecule has 6 heteroatoms. The highest BCUT2D eigenvalue weighted by Crippen LogP contribution is 2.33. The maximum Gasteiger partial charge on any atom is 0.339 e. The molecular weight excluding hydrogens is 193 g/mol. The number of epoxide rings is 1. The van der Waals surface area contributed by atoms with E-state index in [2.05, 4.69) is 5.32 Å². The van der Waals surface area contributed by atoms with Gasteiger partial charge in [-0.1, -0.05) is 0 Å². The minimum Gasteiger partial charge on any atom is -0.373 e. The van der Waals surface area contributed by atoms with Gasteiger partial charge in [0.15, 0.2) is 0 Å². The first-order valence-electron chi connectivity index (χ1n) is 4.20. The Balaban J connectivity index is 2.28. The summed E-state index contributed by atoms with van der Waals surface area (Å²) in [6.07, 6.45) is 0.777. The van der Waals surface area contributed by atoms with Crippen LogP contribution >= 0.6 is 7.60 Å². The Kier molecular flexibility index (Phi) is 3.15. The van der Waals surface area contributed by atoms with Crippen molar-refractivity contribution >= 4 is 7.60 Å². The predicted octanol–water partition coefficient (Wildman–Crippen LogP) is 0.279. The molecule has 0 aromatic rings. The first kappa shape index (κ1) is 11.1. The van der Waals surface area contributed by atoms with Gasteiger partial charge in [-0.15, -0.1) is 0 Å². The number of hydrogen-bond acceptors (Lipinski definition) is 3. The van der Waals surface area contributed by atoms with Crippen LogP contribution in [0.3, 0.4) is 0 Å². The first-order chi connectivity index (χ1) is 5.79. The van der Waals surface area contributed by atoms with Gasteiger partial charge in [-0.05, 0) is 20.3 Å². The Labute approximate surface area is 77.6 Å². The summed E-state index contributed by atoms with van der Waals surface area (Å²) in [5.41, 5.74) is -0.276. The second-order valence-electron chi connectivity index (χ2n) is 4.04. The highest BCUT2D eigenvalue weighted by Gasteiger charge is 2.32. The molecule has 0 saturated carbocycles. The van der Waals surface area contributed by atoms with Gasteiger partial charge in [0.25, 0.3) is 0 Å². The fraction of sp³-hybridized carbons (Fsp3) is 1.00. The third kappa shape index (κ3) is 5.39. The van der Waals surface area contributed by atoms with Gasteiger partial charge in [0.1, 0.15) is 0 Å². The summed E-state index contributed by atoms with van der Waals surface area (Å²) < 4.78 is 15.6. The van der Waals surface area contributed by atoms with Crippen molar-refractivity contribution in [1.29, 1.82) is 0 Å². The molecule has 0 radical (unpaired) electrons. The van der Waals surface area contributed by atoms with E-state index in [0.29, 0.717) is 0 Å². The second-order valence-corrected chi connectivity index (χ2v) is 5.69. The molecular formula is C7H16NO4P. The van der Waals surface area contributed by atoms with Gasteiger partial charge in [-0.2, -0.15) is 0 Å². The average Bonchev–Trinajstić information content (AvgIpc) is 2.66. The summed E-state index contributed by atoms with van der Waals surface area (Å²) in [6.45, 7) is 4.58. The van der Waals surface area contributed by atoms with Crippen molar-refractivity contribution < 1.29 is 19.1 Å². The highest BCUT2D eigenvalue weighted by molar-refractivity contribution is 7.51. The van der Waals surface area contributed by atoms with Crippen LogP contribution in [-0.2, 0) is 9.30 Å². The summed E-state index contributed by atoms with van der Waals surface area (Å²) in [4.78, 5) is 17.3. The highest BCUT2D eigenvalue weighted by atomic mass is 31.2. The fourth-order valence-electron chi connectivity index (χ4n) is 1.14. The smallest absolute Gasteiger partial charge is 0.339 e. The summed E-state index contributed by atoms with van der Waals surface area (Å²) in [7, 11) is -3.94. The van der Waals surface area contributed by atoms with Crippen molar-refractivity contribution in [3.05, 3.63) is 0 Å². The Morgan fingerprint density at radius 3 is 2.54 bits per heavy atom. The molecule has 1 unspecified atom stereocenters. The number of hydrogen-bond donors (Lipinski definition) is 3. The van der Waals surface area contributed by atoms with Crippen LogP contribution in [0.2, 0.25) is 0 Å². The van der Waals surface area contributed by atoms with E-state index in [1.165, 1.54) is 0 Å². The van der Waals surface area contributed by atoms with E-state index in [1.54, 1.807) is 0 Å². The van der Waals surface area contributed by atoms with E-state index in [4.69, 9.17) is 14.5 Å². The third-order valence-corrected chi connectivity index (χ3v) is 2.47. The molecule has 0 aromatic heterocycles. The molecule has 1 rings (SSSR count). The lowest BCUT2D eigenvalue weighted by molar-refractivity contribution is 0.298. The standard InChI is InChI=1S/C7H16NO4P/c1-7(2,3-6-4-12-6)8-5-13(9,10)11/h6,8H,3-5H2,1-2H3,(H2,9,10,11). The van der Waals surface area contributed by atoms with E-state index in [-0.39, 0.29) is 17.9 Å². The van der Waals surface area contributed by atoms with E-state index >= 15 is 0 Å². The van der Waals surface area contributed by atoms with Crippen LogP contribution in [0.4, 0.5) is 0 Å². The van der Waals surface area contributed by atoms with Crippen molar-refractivity contribution in [3.8, 4) is 0 Å². The summed E-state index contributed by atoms with van der Waals surface area (Å²) >= 11 is 0. The normalized spacial score (nSPS) is 23.2. The monoisotopic (exact) mass is 209 g/mol. The van der Waals surface area contributed by atoms with Crippen LogP contribution in [0.5, 0.6) is 0 Å². The Morgan fingerprint density at radius 1 is 1.62 bits per heavy atom. The zero-order valence-electron chi connectivity index (χ0n) is 7.86. The molecule has 5 nitrogen and oxygen atoms in total. The fourth-order valence-corrected chi connectivity index (χ4v) is 1.78. The van der Waals surface area contributed by atoms with Gasteiger partial charge in [0, 0.05) is 5.54 Å². The van der Waals surface area contributed by atoms with Crippen LogP contribution in [0.15, 0.2) is 0 Å². The van der Waals surface area contributed by atoms with Crippen molar-refractivity contribution in [3.63, 3.8) is 0 Å². The molecule has 1 atom stereocenters. The third-order valence-electron chi connectivity index (χ3n) is 1.90. The molecule has 78 valence electrons. The minimum absolute atomic E-state index is 0.263. The Morgan fingerprint density at radius 2 is 2.15 bits per heavy atom. The van der Waals surface area contributed by atoms with Crippen LogP contribution in [0, 0.1) is 0 Å². The molecule has 0 bridgehead atoms. The van der Waals surface area contributed by atoms with Gasteiger partial charge < -0.3 is 19.8 Å². The predicted molar refractivity (Wildman–Crippen MR) is 48.5 cm³/mol. The largest absolute Gasteiger partial charge is 0.373 e. The first-order valence-corrected chi connectivity index (χ1v) is 5.99. The van der Waals surface area contributed by atoms with Crippen molar-refractivity contribution in [1.82, 2.24) is 5.32 Å². The lowest BCUT2D eigenvalue weighted by Crippen LogP contribution is -2.40. The van der Waals surface area contributed by atoms with Crippen molar-refractivity contribution in [2.75, 3.05) is 12.9 Å². The topological polar surface area (TPSA) is 82.1 Å². The van der Waals surface area contributed by atoms with Gasteiger partial charge in [0.2, 0.25) is 0 Å².